The Hall–Kier alpha value is -0.940. The van der Waals surface area contributed by atoms with E-state index in [0.29, 0.717) is 13.0 Å². The summed E-state index contributed by atoms with van der Waals surface area (Å²) in [5.74, 6) is 0.0671. The summed E-state index contributed by atoms with van der Waals surface area (Å²) in [6, 6.07) is -0.00700. The fourth-order valence-electron chi connectivity index (χ4n) is 1.61. The Labute approximate surface area is 120 Å². The van der Waals surface area contributed by atoms with Crippen molar-refractivity contribution in [3.8, 4) is 0 Å². The molecule has 0 aliphatic heterocycles. The summed E-state index contributed by atoms with van der Waals surface area (Å²) in [6.45, 7) is 11.1. The highest BCUT2D eigenvalue weighted by molar-refractivity contribution is 7.11. The van der Waals surface area contributed by atoms with E-state index in [1.807, 2.05) is 13.1 Å². The van der Waals surface area contributed by atoms with Crippen LogP contribution in [-0.2, 0) is 11.2 Å². The highest BCUT2D eigenvalue weighted by Gasteiger charge is 2.14. The minimum Gasteiger partial charge on any atom is -0.347 e. The largest absolute Gasteiger partial charge is 0.347 e. The number of nitrogens with one attached hydrogen (secondary N) is 2. The van der Waals surface area contributed by atoms with Crippen molar-refractivity contribution in [2.24, 2.45) is 0 Å². The minimum absolute atomic E-state index is 0.00700. The van der Waals surface area contributed by atoms with Gasteiger partial charge in [-0.1, -0.05) is 6.92 Å². The molecule has 0 spiro atoms. The molecule has 1 aromatic rings. The highest BCUT2D eigenvalue weighted by atomic mass is 32.1. The van der Waals surface area contributed by atoms with Crippen LogP contribution in [0.4, 0.5) is 0 Å². The maximum Gasteiger partial charge on any atom is 0.221 e. The van der Waals surface area contributed by atoms with Gasteiger partial charge in [-0.2, -0.15) is 0 Å². The molecule has 1 heterocycles. The van der Waals surface area contributed by atoms with E-state index in [9.17, 15) is 4.79 Å². The van der Waals surface area contributed by atoms with Gasteiger partial charge in [0, 0.05) is 29.6 Å². The molecule has 0 aromatic carbocycles. The van der Waals surface area contributed by atoms with Crippen molar-refractivity contribution in [2.45, 2.75) is 59.0 Å². The third kappa shape index (κ3) is 6.16. The normalized spacial score (nSPS) is 13.3. The molecular formula is C14H25N3OS. The molecule has 4 nitrogen and oxygen atoms in total. The third-order valence-corrected chi connectivity index (χ3v) is 4.00. The first kappa shape index (κ1) is 16.1. The van der Waals surface area contributed by atoms with Gasteiger partial charge in [0.1, 0.15) is 5.01 Å². The molecule has 1 amide bonds. The van der Waals surface area contributed by atoms with Gasteiger partial charge in [0.05, 0.1) is 6.04 Å². The van der Waals surface area contributed by atoms with Crippen molar-refractivity contribution >= 4 is 17.2 Å². The van der Waals surface area contributed by atoms with Gasteiger partial charge in [-0.15, -0.1) is 11.3 Å². The number of carbonyl (C=O) groups excluding carboxylic acids is 1. The van der Waals surface area contributed by atoms with Gasteiger partial charge in [0.2, 0.25) is 5.91 Å². The lowest BCUT2D eigenvalue weighted by Gasteiger charge is -2.20. The Balaban J connectivity index is 2.35. The number of carbonyl (C=O) groups is 1. The molecule has 0 aliphatic carbocycles. The van der Waals surface area contributed by atoms with Gasteiger partial charge >= 0.3 is 0 Å². The molecule has 2 N–H and O–H groups in total. The molecule has 5 heteroatoms. The van der Waals surface area contributed by atoms with Crippen molar-refractivity contribution in [1.82, 2.24) is 15.6 Å². The van der Waals surface area contributed by atoms with Crippen LogP contribution in [0.25, 0.3) is 0 Å². The molecule has 1 rings (SSSR count). The van der Waals surface area contributed by atoms with E-state index in [-0.39, 0.29) is 17.5 Å². The summed E-state index contributed by atoms with van der Waals surface area (Å²) in [7, 11) is 0. The van der Waals surface area contributed by atoms with E-state index in [4.69, 9.17) is 0 Å². The van der Waals surface area contributed by atoms with Gasteiger partial charge in [-0.3, -0.25) is 4.79 Å². The Morgan fingerprint density at radius 1 is 1.47 bits per heavy atom. The Morgan fingerprint density at radius 2 is 2.16 bits per heavy atom. The number of aromatic nitrogens is 1. The second-order valence-electron chi connectivity index (χ2n) is 5.73. The summed E-state index contributed by atoms with van der Waals surface area (Å²) in [6.07, 6.45) is 3.38. The fraction of sp³-hybridized carbons (Fsp3) is 0.714. The average Bonchev–Trinajstić information content (AvgIpc) is 2.75. The van der Waals surface area contributed by atoms with E-state index < -0.39 is 0 Å². The topological polar surface area (TPSA) is 54.0 Å². The van der Waals surface area contributed by atoms with Gasteiger partial charge < -0.3 is 10.6 Å². The molecule has 19 heavy (non-hydrogen) atoms. The van der Waals surface area contributed by atoms with Gasteiger partial charge in [0.25, 0.3) is 0 Å². The number of aryl methyl sites for hydroxylation is 1. The zero-order chi connectivity index (χ0) is 14.5. The number of rotatable bonds is 6. The minimum atomic E-state index is -0.00700. The van der Waals surface area contributed by atoms with Gasteiger partial charge in [0.15, 0.2) is 0 Å². The van der Waals surface area contributed by atoms with Crippen molar-refractivity contribution in [1.29, 1.82) is 0 Å². The molecule has 0 saturated carbocycles. The van der Waals surface area contributed by atoms with Crippen LogP contribution >= 0.6 is 11.3 Å². The summed E-state index contributed by atoms with van der Waals surface area (Å²) in [5.41, 5.74) is 0.0528. The van der Waals surface area contributed by atoms with Crippen molar-refractivity contribution in [3.63, 3.8) is 0 Å². The molecule has 0 aliphatic rings. The molecule has 108 valence electrons. The molecule has 1 aromatic heterocycles. The molecule has 1 atom stereocenters. The molecular weight excluding hydrogens is 258 g/mol. The first-order valence-electron chi connectivity index (χ1n) is 6.81. The monoisotopic (exact) mass is 283 g/mol. The lowest BCUT2D eigenvalue weighted by Crippen LogP contribution is -2.38. The van der Waals surface area contributed by atoms with Crippen LogP contribution in [0.1, 0.15) is 57.0 Å². The Bertz CT molecular complexity index is 409. The zero-order valence-electron chi connectivity index (χ0n) is 12.5. The SMILES string of the molecule is CCc1cnc(C(C)NC(=O)CCNC(C)(C)C)s1. The quantitative estimate of drug-likeness (QED) is 0.844. The van der Waals surface area contributed by atoms with Crippen LogP contribution in [0, 0.1) is 0 Å². The first-order chi connectivity index (χ1) is 8.81. The van der Waals surface area contributed by atoms with Crippen molar-refractivity contribution < 1.29 is 4.79 Å². The number of hydrogen-bond donors (Lipinski definition) is 2. The Morgan fingerprint density at radius 3 is 2.68 bits per heavy atom. The number of hydrogen-bond acceptors (Lipinski definition) is 4. The van der Waals surface area contributed by atoms with Gasteiger partial charge in [-0.25, -0.2) is 4.98 Å². The van der Waals surface area contributed by atoms with Crippen LogP contribution in [0.15, 0.2) is 6.20 Å². The van der Waals surface area contributed by atoms with Crippen molar-refractivity contribution in [3.05, 3.63) is 16.1 Å². The summed E-state index contributed by atoms with van der Waals surface area (Å²) < 4.78 is 0. The smallest absolute Gasteiger partial charge is 0.221 e. The third-order valence-electron chi connectivity index (χ3n) is 2.68. The van der Waals surface area contributed by atoms with E-state index in [2.05, 4.69) is 43.3 Å². The van der Waals surface area contributed by atoms with Crippen LogP contribution < -0.4 is 10.6 Å². The van der Waals surface area contributed by atoms with Crippen LogP contribution in [0.3, 0.4) is 0 Å². The van der Waals surface area contributed by atoms with E-state index in [0.717, 1.165) is 11.4 Å². The van der Waals surface area contributed by atoms with Crippen LogP contribution in [-0.4, -0.2) is 23.0 Å². The second kappa shape index (κ2) is 7.01. The zero-order valence-corrected chi connectivity index (χ0v) is 13.4. The lowest BCUT2D eigenvalue weighted by molar-refractivity contribution is -0.121. The van der Waals surface area contributed by atoms with Crippen molar-refractivity contribution in [2.75, 3.05) is 6.54 Å². The molecule has 0 bridgehead atoms. The summed E-state index contributed by atoms with van der Waals surface area (Å²) >= 11 is 1.67. The number of nitrogens with zero attached hydrogens (tertiary/aromatic N) is 1. The molecule has 1 unspecified atom stereocenters. The predicted octanol–water partition coefficient (Wildman–Crippen LogP) is 2.66. The predicted molar refractivity (Wildman–Crippen MR) is 80.4 cm³/mol. The van der Waals surface area contributed by atoms with Crippen LogP contribution in [0.5, 0.6) is 0 Å². The molecule has 0 fully saturated rings. The Kier molecular flexibility index (Phi) is 5.94. The second-order valence-corrected chi connectivity index (χ2v) is 6.88. The highest BCUT2D eigenvalue weighted by Crippen LogP contribution is 2.20. The average molecular weight is 283 g/mol. The van der Waals surface area contributed by atoms with Crippen LogP contribution in [0.2, 0.25) is 0 Å². The number of amides is 1. The summed E-state index contributed by atoms with van der Waals surface area (Å²) in [5, 5.41) is 7.27. The summed E-state index contributed by atoms with van der Waals surface area (Å²) in [4.78, 5) is 17.4. The van der Waals surface area contributed by atoms with E-state index in [1.165, 1.54) is 4.88 Å². The lowest BCUT2D eigenvalue weighted by atomic mass is 10.1. The van der Waals surface area contributed by atoms with Gasteiger partial charge in [-0.05, 0) is 34.1 Å². The number of thiazole rings is 1. The standard InChI is InChI=1S/C14H25N3OS/c1-6-11-9-15-13(19-11)10(2)17-12(18)7-8-16-14(3,4)5/h9-10,16H,6-8H2,1-5H3,(H,17,18). The maximum absolute atomic E-state index is 11.8. The first-order valence-corrected chi connectivity index (χ1v) is 7.62. The molecule has 0 radical (unpaired) electrons. The molecule has 0 saturated heterocycles. The van der Waals surface area contributed by atoms with E-state index in [1.54, 1.807) is 11.3 Å². The maximum atomic E-state index is 11.8. The van der Waals surface area contributed by atoms with E-state index >= 15 is 0 Å². The fourth-order valence-corrected chi connectivity index (χ4v) is 2.47.